The summed E-state index contributed by atoms with van der Waals surface area (Å²) in [4.78, 5) is 9.10. The van der Waals surface area contributed by atoms with Crippen LogP contribution in [-0.4, -0.2) is 49.7 Å². The Hall–Kier alpha value is -1.13. The summed E-state index contributed by atoms with van der Waals surface area (Å²) in [6.45, 7) is 10.6. The van der Waals surface area contributed by atoms with Crippen LogP contribution in [0.5, 0.6) is 0 Å². The van der Waals surface area contributed by atoms with E-state index in [4.69, 9.17) is 0 Å². The van der Waals surface area contributed by atoms with E-state index in [0.717, 1.165) is 38.4 Å². The van der Waals surface area contributed by atoms with Crippen molar-refractivity contribution in [3.63, 3.8) is 0 Å². The van der Waals surface area contributed by atoms with E-state index >= 15 is 0 Å². The molecule has 0 amide bonds. The zero-order chi connectivity index (χ0) is 15.0. The second-order valence-electron chi connectivity index (χ2n) is 5.79. The summed E-state index contributed by atoms with van der Waals surface area (Å²) < 4.78 is 0. The maximum Gasteiger partial charge on any atom is 0.128 e. The van der Waals surface area contributed by atoms with Gasteiger partial charge in [-0.3, -0.25) is 0 Å². The van der Waals surface area contributed by atoms with Gasteiger partial charge in [0.2, 0.25) is 0 Å². The number of pyridine rings is 1. The van der Waals surface area contributed by atoms with Crippen molar-refractivity contribution >= 4 is 5.82 Å². The molecule has 4 heteroatoms. The molecule has 1 aromatic heterocycles. The standard InChI is InChI=1S/C16H30N4/c1-6-20(11-7-10-19(4)5)16-12-15(8-9-17-16)13-18-14(2)3/h8-9,12,14,18H,6-7,10-11,13H2,1-5H3. The van der Waals surface area contributed by atoms with E-state index in [1.807, 2.05) is 6.20 Å². The van der Waals surface area contributed by atoms with Crippen LogP contribution < -0.4 is 10.2 Å². The van der Waals surface area contributed by atoms with Crippen LogP contribution in [0.4, 0.5) is 5.82 Å². The van der Waals surface area contributed by atoms with Gasteiger partial charge in [0.1, 0.15) is 5.82 Å². The fourth-order valence-corrected chi connectivity index (χ4v) is 2.08. The minimum absolute atomic E-state index is 0.508. The lowest BCUT2D eigenvalue weighted by Crippen LogP contribution is -2.28. The maximum absolute atomic E-state index is 4.52. The minimum atomic E-state index is 0.508. The van der Waals surface area contributed by atoms with Crippen molar-refractivity contribution in [2.45, 2.75) is 39.8 Å². The van der Waals surface area contributed by atoms with E-state index < -0.39 is 0 Å². The van der Waals surface area contributed by atoms with Gasteiger partial charge in [0.05, 0.1) is 0 Å². The predicted molar refractivity (Wildman–Crippen MR) is 87.3 cm³/mol. The van der Waals surface area contributed by atoms with Crippen LogP contribution in [0.3, 0.4) is 0 Å². The van der Waals surface area contributed by atoms with E-state index in [1.54, 1.807) is 0 Å². The maximum atomic E-state index is 4.52. The fourth-order valence-electron chi connectivity index (χ4n) is 2.08. The summed E-state index contributed by atoms with van der Waals surface area (Å²) in [6.07, 6.45) is 3.08. The number of nitrogens with one attached hydrogen (secondary N) is 1. The van der Waals surface area contributed by atoms with Gasteiger partial charge in [-0.15, -0.1) is 0 Å². The topological polar surface area (TPSA) is 31.4 Å². The quantitative estimate of drug-likeness (QED) is 0.751. The number of anilines is 1. The average molecular weight is 278 g/mol. The van der Waals surface area contributed by atoms with Gasteiger partial charge < -0.3 is 15.1 Å². The number of hydrogen-bond acceptors (Lipinski definition) is 4. The van der Waals surface area contributed by atoms with Gasteiger partial charge in [0.15, 0.2) is 0 Å². The van der Waals surface area contributed by atoms with E-state index in [9.17, 15) is 0 Å². The summed E-state index contributed by atoms with van der Waals surface area (Å²) in [5.74, 6) is 1.09. The first-order valence-electron chi connectivity index (χ1n) is 7.61. The highest BCUT2D eigenvalue weighted by Gasteiger charge is 2.07. The van der Waals surface area contributed by atoms with E-state index in [2.05, 4.69) is 67.1 Å². The molecule has 114 valence electrons. The van der Waals surface area contributed by atoms with Gasteiger partial charge in [0.25, 0.3) is 0 Å². The first-order valence-corrected chi connectivity index (χ1v) is 7.61. The van der Waals surface area contributed by atoms with Crippen molar-refractivity contribution in [1.29, 1.82) is 0 Å². The summed E-state index contributed by atoms with van der Waals surface area (Å²) in [6, 6.07) is 4.80. The van der Waals surface area contributed by atoms with Crippen molar-refractivity contribution < 1.29 is 0 Å². The van der Waals surface area contributed by atoms with Crippen molar-refractivity contribution in [3.8, 4) is 0 Å². The lowest BCUT2D eigenvalue weighted by atomic mass is 10.2. The van der Waals surface area contributed by atoms with Gasteiger partial charge in [-0.05, 0) is 51.7 Å². The lowest BCUT2D eigenvalue weighted by molar-refractivity contribution is 0.400. The Morgan fingerprint density at radius 1 is 1.25 bits per heavy atom. The lowest BCUT2D eigenvalue weighted by Gasteiger charge is -2.23. The Balaban J connectivity index is 2.60. The Kier molecular flexibility index (Phi) is 7.55. The Morgan fingerprint density at radius 2 is 2.00 bits per heavy atom. The highest BCUT2D eigenvalue weighted by atomic mass is 15.2. The molecule has 0 radical (unpaired) electrons. The molecular weight excluding hydrogens is 248 g/mol. The third-order valence-electron chi connectivity index (χ3n) is 3.26. The average Bonchev–Trinajstić information content (AvgIpc) is 2.41. The zero-order valence-electron chi connectivity index (χ0n) is 13.7. The number of aromatic nitrogens is 1. The molecule has 1 N–H and O–H groups in total. The third-order valence-corrected chi connectivity index (χ3v) is 3.26. The van der Waals surface area contributed by atoms with Gasteiger partial charge >= 0.3 is 0 Å². The van der Waals surface area contributed by atoms with Crippen LogP contribution in [0, 0.1) is 0 Å². The van der Waals surface area contributed by atoms with Gasteiger partial charge in [-0.25, -0.2) is 4.98 Å². The molecule has 1 aromatic rings. The molecule has 0 aliphatic heterocycles. The summed E-state index contributed by atoms with van der Waals surface area (Å²) >= 11 is 0. The monoisotopic (exact) mass is 278 g/mol. The summed E-state index contributed by atoms with van der Waals surface area (Å²) in [7, 11) is 4.24. The van der Waals surface area contributed by atoms with Crippen molar-refractivity contribution in [2.24, 2.45) is 0 Å². The molecule has 0 atom stereocenters. The Labute approximate surface area is 124 Å². The molecule has 1 heterocycles. The second kappa shape index (κ2) is 8.93. The largest absolute Gasteiger partial charge is 0.357 e. The zero-order valence-corrected chi connectivity index (χ0v) is 13.7. The summed E-state index contributed by atoms with van der Waals surface area (Å²) in [5.41, 5.74) is 1.30. The third kappa shape index (κ3) is 6.35. The molecule has 0 spiro atoms. The normalized spacial score (nSPS) is 11.3. The van der Waals surface area contributed by atoms with E-state index in [0.29, 0.717) is 6.04 Å². The molecule has 1 rings (SSSR count). The number of rotatable bonds is 9. The van der Waals surface area contributed by atoms with Crippen LogP contribution in [0.15, 0.2) is 18.3 Å². The molecule has 0 saturated carbocycles. The van der Waals surface area contributed by atoms with Crippen molar-refractivity contribution in [1.82, 2.24) is 15.2 Å². The summed E-state index contributed by atoms with van der Waals surface area (Å²) in [5, 5.41) is 3.45. The van der Waals surface area contributed by atoms with Crippen LogP contribution in [0.2, 0.25) is 0 Å². The highest BCUT2D eigenvalue weighted by molar-refractivity contribution is 5.40. The first kappa shape index (κ1) is 16.9. The van der Waals surface area contributed by atoms with Gasteiger partial charge in [-0.2, -0.15) is 0 Å². The molecule has 0 unspecified atom stereocenters. The molecular formula is C16H30N4. The molecule has 20 heavy (non-hydrogen) atoms. The fraction of sp³-hybridized carbons (Fsp3) is 0.688. The van der Waals surface area contributed by atoms with Crippen LogP contribution in [0.1, 0.15) is 32.8 Å². The van der Waals surface area contributed by atoms with Crippen LogP contribution >= 0.6 is 0 Å². The van der Waals surface area contributed by atoms with E-state index in [1.165, 1.54) is 5.56 Å². The smallest absolute Gasteiger partial charge is 0.128 e. The second-order valence-corrected chi connectivity index (χ2v) is 5.79. The predicted octanol–water partition coefficient (Wildman–Crippen LogP) is 2.36. The minimum Gasteiger partial charge on any atom is -0.357 e. The molecule has 0 fully saturated rings. The molecule has 0 saturated heterocycles. The number of nitrogens with zero attached hydrogens (tertiary/aromatic N) is 3. The Bertz CT molecular complexity index is 376. The molecule has 0 aromatic carbocycles. The SMILES string of the molecule is CCN(CCCN(C)C)c1cc(CNC(C)C)ccn1. The van der Waals surface area contributed by atoms with E-state index in [-0.39, 0.29) is 0 Å². The molecule has 0 aliphatic carbocycles. The highest BCUT2D eigenvalue weighted by Crippen LogP contribution is 2.13. The molecule has 4 nitrogen and oxygen atoms in total. The van der Waals surface area contributed by atoms with Crippen molar-refractivity contribution in [2.75, 3.05) is 38.6 Å². The van der Waals surface area contributed by atoms with Crippen molar-refractivity contribution in [3.05, 3.63) is 23.9 Å². The molecule has 0 aliphatic rings. The van der Waals surface area contributed by atoms with Gasteiger partial charge in [0, 0.05) is 31.9 Å². The first-order chi connectivity index (χ1) is 9.52. The van der Waals surface area contributed by atoms with Gasteiger partial charge in [-0.1, -0.05) is 13.8 Å². The molecule has 0 bridgehead atoms. The van der Waals surface area contributed by atoms with Crippen LogP contribution in [-0.2, 0) is 6.54 Å². The number of hydrogen-bond donors (Lipinski definition) is 1. The Morgan fingerprint density at radius 3 is 2.60 bits per heavy atom. The van der Waals surface area contributed by atoms with Crippen LogP contribution in [0.25, 0.3) is 0 Å².